The number of nitrogens with one attached hydrogen (secondary N) is 2. The minimum absolute atomic E-state index is 0.359. The van der Waals surface area contributed by atoms with Crippen LogP contribution in [0.15, 0.2) is 41.1 Å². The van der Waals surface area contributed by atoms with Gasteiger partial charge < -0.3 is 10.1 Å². The van der Waals surface area contributed by atoms with Crippen molar-refractivity contribution in [3.05, 3.63) is 41.5 Å². The fourth-order valence-corrected chi connectivity index (χ4v) is 2.36. The molecule has 1 aromatic carbocycles. The van der Waals surface area contributed by atoms with Crippen LogP contribution in [-0.2, 0) is 4.74 Å². The summed E-state index contributed by atoms with van der Waals surface area (Å²) < 4.78 is 4.66. The first-order valence-corrected chi connectivity index (χ1v) is 7.73. The van der Waals surface area contributed by atoms with Crippen LogP contribution >= 0.6 is 11.8 Å². The van der Waals surface area contributed by atoms with Crippen molar-refractivity contribution < 1.29 is 9.53 Å². The SMILES string of the molecule is CC=C(C)CSc1nc(Nc2ccc(C(=O)OC)cc2)n[nH]1. The maximum Gasteiger partial charge on any atom is 0.337 e. The first-order chi connectivity index (χ1) is 10.6. The molecule has 1 heterocycles. The minimum atomic E-state index is -0.359. The summed E-state index contributed by atoms with van der Waals surface area (Å²) in [5.74, 6) is 1.01. The molecule has 0 aliphatic heterocycles. The first-order valence-electron chi connectivity index (χ1n) is 6.74. The van der Waals surface area contributed by atoms with Gasteiger partial charge in [-0.1, -0.05) is 23.4 Å². The minimum Gasteiger partial charge on any atom is -0.465 e. The Hall–Kier alpha value is -2.28. The van der Waals surface area contributed by atoms with Gasteiger partial charge in [-0.25, -0.2) is 4.79 Å². The molecule has 22 heavy (non-hydrogen) atoms. The maximum atomic E-state index is 11.4. The molecule has 0 amide bonds. The van der Waals surface area contributed by atoms with E-state index in [1.54, 1.807) is 36.0 Å². The molecule has 2 aromatic rings. The van der Waals surface area contributed by atoms with Crippen molar-refractivity contribution in [3.8, 4) is 0 Å². The number of nitrogens with zero attached hydrogens (tertiary/aromatic N) is 2. The molecular formula is C15H18N4O2S. The number of carbonyl (C=O) groups excluding carboxylic acids is 1. The molecule has 6 nitrogen and oxygen atoms in total. The van der Waals surface area contributed by atoms with Crippen LogP contribution in [0.25, 0.3) is 0 Å². The molecule has 2 rings (SSSR count). The number of anilines is 2. The molecule has 0 saturated carbocycles. The van der Waals surface area contributed by atoms with E-state index in [0.29, 0.717) is 11.5 Å². The number of aromatic amines is 1. The van der Waals surface area contributed by atoms with E-state index in [9.17, 15) is 4.79 Å². The summed E-state index contributed by atoms with van der Waals surface area (Å²) in [4.78, 5) is 15.7. The number of hydrogen-bond acceptors (Lipinski definition) is 6. The summed E-state index contributed by atoms with van der Waals surface area (Å²) in [5, 5.41) is 10.8. The van der Waals surface area contributed by atoms with Gasteiger partial charge in [-0.05, 0) is 38.1 Å². The van der Waals surface area contributed by atoms with Crippen LogP contribution in [0, 0.1) is 0 Å². The van der Waals surface area contributed by atoms with Gasteiger partial charge in [0.15, 0.2) is 5.16 Å². The average Bonchev–Trinajstić information content (AvgIpc) is 3.00. The van der Waals surface area contributed by atoms with E-state index in [2.05, 4.69) is 38.2 Å². The second-order valence-electron chi connectivity index (χ2n) is 4.58. The molecule has 0 aliphatic carbocycles. The lowest BCUT2D eigenvalue weighted by atomic mass is 10.2. The fourth-order valence-electron chi connectivity index (χ4n) is 1.57. The van der Waals surface area contributed by atoms with Gasteiger partial charge in [0.2, 0.25) is 5.95 Å². The van der Waals surface area contributed by atoms with Gasteiger partial charge in [-0.3, -0.25) is 5.10 Å². The van der Waals surface area contributed by atoms with E-state index < -0.39 is 0 Å². The second kappa shape index (κ2) is 7.65. The third kappa shape index (κ3) is 4.36. The topological polar surface area (TPSA) is 79.9 Å². The van der Waals surface area contributed by atoms with Gasteiger partial charge in [0.25, 0.3) is 0 Å². The Morgan fingerprint density at radius 1 is 1.41 bits per heavy atom. The number of thioether (sulfide) groups is 1. The Kier molecular flexibility index (Phi) is 5.60. The quantitative estimate of drug-likeness (QED) is 0.483. The zero-order valence-electron chi connectivity index (χ0n) is 12.7. The monoisotopic (exact) mass is 318 g/mol. The molecule has 0 unspecified atom stereocenters. The fraction of sp³-hybridized carbons (Fsp3) is 0.267. The summed E-state index contributed by atoms with van der Waals surface area (Å²) in [6.07, 6.45) is 2.07. The number of allylic oxidation sites excluding steroid dienone is 1. The summed E-state index contributed by atoms with van der Waals surface area (Å²) in [6, 6.07) is 6.93. The number of carbonyl (C=O) groups is 1. The molecule has 0 saturated heterocycles. The van der Waals surface area contributed by atoms with Crippen LogP contribution in [0.2, 0.25) is 0 Å². The third-order valence-corrected chi connectivity index (χ3v) is 4.01. The molecule has 0 atom stereocenters. The van der Waals surface area contributed by atoms with Gasteiger partial charge in [0.1, 0.15) is 0 Å². The molecule has 0 bridgehead atoms. The summed E-state index contributed by atoms with van der Waals surface area (Å²) in [6.45, 7) is 4.09. The summed E-state index contributed by atoms with van der Waals surface area (Å²) in [5.41, 5.74) is 2.59. The van der Waals surface area contributed by atoms with Gasteiger partial charge in [-0.15, -0.1) is 5.10 Å². The number of rotatable bonds is 6. The number of esters is 1. The first kappa shape index (κ1) is 16.1. The average molecular weight is 318 g/mol. The number of methoxy groups -OCH3 is 1. The van der Waals surface area contributed by atoms with E-state index in [-0.39, 0.29) is 5.97 Å². The molecule has 0 aliphatic rings. The highest BCUT2D eigenvalue weighted by molar-refractivity contribution is 7.99. The van der Waals surface area contributed by atoms with Crippen LogP contribution in [0.1, 0.15) is 24.2 Å². The van der Waals surface area contributed by atoms with Crippen molar-refractivity contribution in [2.75, 3.05) is 18.2 Å². The maximum absolute atomic E-state index is 11.4. The Labute approximate surface area is 133 Å². The van der Waals surface area contributed by atoms with Crippen LogP contribution in [0.4, 0.5) is 11.6 Å². The molecule has 2 N–H and O–H groups in total. The van der Waals surface area contributed by atoms with E-state index in [4.69, 9.17) is 0 Å². The smallest absolute Gasteiger partial charge is 0.337 e. The molecule has 0 spiro atoms. The molecular weight excluding hydrogens is 300 g/mol. The molecule has 7 heteroatoms. The summed E-state index contributed by atoms with van der Waals surface area (Å²) >= 11 is 1.60. The second-order valence-corrected chi connectivity index (χ2v) is 5.55. The van der Waals surface area contributed by atoms with Crippen LogP contribution in [0.5, 0.6) is 0 Å². The molecule has 0 fully saturated rings. The lowest BCUT2D eigenvalue weighted by Gasteiger charge is -2.03. The molecule has 0 radical (unpaired) electrons. The zero-order valence-corrected chi connectivity index (χ0v) is 13.5. The van der Waals surface area contributed by atoms with Gasteiger partial charge in [0, 0.05) is 11.4 Å². The molecule has 1 aromatic heterocycles. The Bertz CT molecular complexity index is 664. The van der Waals surface area contributed by atoms with Crippen molar-refractivity contribution in [1.29, 1.82) is 0 Å². The van der Waals surface area contributed by atoms with E-state index in [0.717, 1.165) is 16.6 Å². The van der Waals surface area contributed by atoms with Crippen LogP contribution in [0.3, 0.4) is 0 Å². The number of benzene rings is 1. The largest absolute Gasteiger partial charge is 0.465 e. The van der Waals surface area contributed by atoms with Crippen LogP contribution in [-0.4, -0.2) is 34.0 Å². The number of hydrogen-bond donors (Lipinski definition) is 2. The van der Waals surface area contributed by atoms with Gasteiger partial charge in [-0.2, -0.15) is 4.98 Å². The zero-order chi connectivity index (χ0) is 15.9. The van der Waals surface area contributed by atoms with Gasteiger partial charge in [0.05, 0.1) is 12.7 Å². The van der Waals surface area contributed by atoms with Gasteiger partial charge >= 0.3 is 5.97 Å². The Morgan fingerprint density at radius 3 is 2.77 bits per heavy atom. The van der Waals surface area contributed by atoms with Crippen molar-refractivity contribution in [2.45, 2.75) is 19.0 Å². The highest BCUT2D eigenvalue weighted by Crippen LogP contribution is 2.19. The van der Waals surface area contributed by atoms with E-state index in [1.807, 2.05) is 6.92 Å². The van der Waals surface area contributed by atoms with Crippen molar-refractivity contribution in [1.82, 2.24) is 15.2 Å². The summed E-state index contributed by atoms with van der Waals surface area (Å²) in [7, 11) is 1.36. The predicted octanol–water partition coefficient (Wildman–Crippen LogP) is 3.39. The number of H-pyrrole nitrogens is 1. The van der Waals surface area contributed by atoms with E-state index in [1.165, 1.54) is 12.7 Å². The van der Waals surface area contributed by atoms with Crippen LogP contribution < -0.4 is 5.32 Å². The Morgan fingerprint density at radius 2 is 2.14 bits per heavy atom. The lowest BCUT2D eigenvalue weighted by molar-refractivity contribution is 0.0601. The van der Waals surface area contributed by atoms with Crippen molar-refractivity contribution in [3.63, 3.8) is 0 Å². The highest BCUT2D eigenvalue weighted by atomic mass is 32.2. The third-order valence-electron chi connectivity index (χ3n) is 2.96. The van der Waals surface area contributed by atoms with E-state index >= 15 is 0 Å². The van der Waals surface area contributed by atoms with Crippen molar-refractivity contribution >= 4 is 29.4 Å². The molecule has 116 valence electrons. The Balaban J connectivity index is 1.96. The normalized spacial score (nSPS) is 11.3. The predicted molar refractivity (Wildman–Crippen MR) is 87.6 cm³/mol. The van der Waals surface area contributed by atoms with Crippen molar-refractivity contribution in [2.24, 2.45) is 0 Å². The number of ether oxygens (including phenoxy) is 1. The number of aromatic nitrogens is 3. The highest BCUT2D eigenvalue weighted by Gasteiger charge is 2.07. The standard InChI is InChI=1S/C15H18N4O2S/c1-4-10(2)9-22-15-17-14(18-19-15)16-12-7-5-11(6-8-12)13(20)21-3/h4-8H,9H2,1-3H3,(H2,16,17,18,19). The lowest BCUT2D eigenvalue weighted by Crippen LogP contribution is -2.01.